The maximum atomic E-state index is 5.92. The van der Waals surface area contributed by atoms with Crippen LogP contribution in [-0.4, -0.2) is 10.6 Å². The molecule has 0 saturated carbocycles. The van der Waals surface area contributed by atoms with E-state index in [4.69, 9.17) is 10.5 Å². The molecule has 0 unspecified atom stereocenters. The van der Waals surface area contributed by atoms with Crippen molar-refractivity contribution in [1.82, 2.24) is 4.98 Å². The molecule has 0 bridgehead atoms. The van der Waals surface area contributed by atoms with E-state index in [1.165, 1.54) is 0 Å². The van der Waals surface area contributed by atoms with Crippen LogP contribution in [0.15, 0.2) is 34.8 Å². The van der Waals surface area contributed by atoms with Crippen LogP contribution in [0.4, 0.5) is 17.2 Å². The summed E-state index contributed by atoms with van der Waals surface area (Å²) < 4.78 is 6.79. The molecule has 0 aliphatic carbocycles. The molecular formula is C16H20BrN3O. The minimum absolute atomic E-state index is 0.341. The summed E-state index contributed by atoms with van der Waals surface area (Å²) in [5.41, 5.74) is 8.22. The third-order valence-electron chi connectivity index (χ3n) is 2.61. The molecule has 0 saturated heterocycles. The van der Waals surface area contributed by atoms with Gasteiger partial charge in [-0.15, -0.1) is 0 Å². The summed E-state index contributed by atoms with van der Waals surface area (Å²) >= 11 is 3.49. The molecular weight excluding hydrogens is 330 g/mol. The zero-order chi connectivity index (χ0) is 15.6. The molecule has 2 aromatic rings. The molecule has 0 aliphatic heterocycles. The highest BCUT2D eigenvalue weighted by molar-refractivity contribution is 9.10. The number of nitrogens with zero attached hydrogens (tertiary/aromatic N) is 1. The average Bonchev–Trinajstić information content (AvgIpc) is 2.30. The van der Waals surface area contributed by atoms with Crippen molar-refractivity contribution in [2.45, 2.75) is 33.3 Å². The van der Waals surface area contributed by atoms with Gasteiger partial charge in [-0.05, 0) is 63.6 Å². The van der Waals surface area contributed by atoms with Gasteiger partial charge in [0.1, 0.15) is 11.4 Å². The predicted octanol–water partition coefficient (Wildman–Crippen LogP) is 4.66. The van der Waals surface area contributed by atoms with Crippen LogP contribution in [0.2, 0.25) is 0 Å². The normalized spacial score (nSPS) is 11.3. The Hall–Kier alpha value is -1.75. The molecule has 3 N–H and O–H groups in total. The van der Waals surface area contributed by atoms with Crippen LogP contribution in [0, 0.1) is 6.92 Å². The Labute approximate surface area is 133 Å². The lowest BCUT2D eigenvalue weighted by molar-refractivity contribution is 0.125. The van der Waals surface area contributed by atoms with Gasteiger partial charge in [0.05, 0.1) is 5.69 Å². The van der Waals surface area contributed by atoms with Crippen molar-refractivity contribution in [2.75, 3.05) is 11.1 Å². The van der Waals surface area contributed by atoms with Crippen molar-refractivity contribution < 1.29 is 4.74 Å². The fourth-order valence-electron chi connectivity index (χ4n) is 1.85. The van der Waals surface area contributed by atoms with Crippen LogP contribution in [0.5, 0.6) is 5.88 Å². The quantitative estimate of drug-likeness (QED) is 0.846. The first kappa shape index (κ1) is 15.6. The van der Waals surface area contributed by atoms with Gasteiger partial charge in [-0.1, -0.05) is 15.9 Å². The van der Waals surface area contributed by atoms with Gasteiger partial charge in [-0.3, -0.25) is 0 Å². The lowest BCUT2D eigenvalue weighted by atomic mass is 10.2. The number of nitrogens with two attached hydrogens (primary N) is 1. The van der Waals surface area contributed by atoms with Gasteiger partial charge in [0, 0.05) is 10.2 Å². The number of ether oxygens (including phenoxy) is 1. The van der Waals surface area contributed by atoms with Crippen molar-refractivity contribution in [1.29, 1.82) is 0 Å². The van der Waals surface area contributed by atoms with E-state index in [0.29, 0.717) is 17.4 Å². The Bertz CT molecular complexity index is 630. The zero-order valence-electron chi connectivity index (χ0n) is 12.7. The molecule has 4 nitrogen and oxygen atoms in total. The Balaban J connectivity index is 2.26. The van der Waals surface area contributed by atoms with Crippen LogP contribution < -0.4 is 15.8 Å². The number of rotatable bonds is 3. The summed E-state index contributed by atoms with van der Waals surface area (Å²) in [4.78, 5) is 4.44. The topological polar surface area (TPSA) is 60.2 Å². The van der Waals surface area contributed by atoms with Gasteiger partial charge >= 0.3 is 0 Å². The molecule has 21 heavy (non-hydrogen) atoms. The first-order chi connectivity index (χ1) is 9.73. The van der Waals surface area contributed by atoms with E-state index in [1.54, 1.807) is 6.07 Å². The second-order valence-electron chi connectivity index (χ2n) is 5.95. The standard InChI is InChI=1S/C16H20BrN3O/c1-10-7-11(17)9-12(8-10)19-14-6-5-13(18)15(20-14)21-16(2,3)4/h5-9H,18H2,1-4H3,(H,19,20). The highest BCUT2D eigenvalue weighted by Crippen LogP contribution is 2.27. The van der Waals surface area contributed by atoms with Gasteiger partial charge in [-0.2, -0.15) is 4.98 Å². The number of aromatic nitrogens is 1. The molecule has 0 atom stereocenters. The largest absolute Gasteiger partial charge is 0.470 e. The van der Waals surface area contributed by atoms with E-state index in [9.17, 15) is 0 Å². The third kappa shape index (κ3) is 4.63. The van der Waals surface area contributed by atoms with Crippen LogP contribution in [0.1, 0.15) is 26.3 Å². The van der Waals surface area contributed by atoms with Crippen LogP contribution in [-0.2, 0) is 0 Å². The molecule has 0 fully saturated rings. The molecule has 112 valence electrons. The lowest BCUT2D eigenvalue weighted by Gasteiger charge is -2.21. The van der Waals surface area contributed by atoms with E-state index in [2.05, 4.69) is 32.3 Å². The molecule has 1 aromatic heterocycles. The number of hydrogen-bond acceptors (Lipinski definition) is 4. The first-order valence-electron chi connectivity index (χ1n) is 6.73. The van der Waals surface area contributed by atoms with Gasteiger partial charge in [0.25, 0.3) is 0 Å². The Kier molecular flexibility index (Phi) is 4.42. The smallest absolute Gasteiger partial charge is 0.239 e. The van der Waals surface area contributed by atoms with E-state index in [1.807, 2.05) is 45.9 Å². The van der Waals surface area contributed by atoms with Crippen molar-refractivity contribution in [3.05, 3.63) is 40.4 Å². The van der Waals surface area contributed by atoms with E-state index >= 15 is 0 Å². The third-order valence-corrected chi connectivity index (χ3v) is 3.06. The average molecular weight is 350 g/mol. The number of nitrogens with one attached hydrogen (secondary N) is 1. The van der Waals surface area contributed by atoms with Crippen molar-refractivity contribution in [2.24, 2.45) is 0 Å². The lowest BCUT2D eigenvalue weighted by Crippen LogP contribution is -2.24. The molecule has 0 spiro atoms. The fourth-order valence-corrected chi connectivity index (χ4v) is 2.46. The van der Waals surface area contributed by atoms with Gasteiger partial charge in [0.2, 0.25) is 5.88 Å². The van der Waals surface area contributed by atoms with Crippen LogP contribution in [0.25, 0.3) is 0 Å². The summed E-state index contributed by atoms with van der Waals surface area (Å²) in [6, 6.07) is 9.72. The van der Waals surface area contributed by atoms with Crippen molar-refractivity contribution in [3.8, 4) is 5.88 Å². The van der Waals surface area contributed by atoms with E-state index in [0.717, 1.165) is 15.7 Å². The number of hydrogen-bond donors (Lipinski definition) is 2. The molecule has 1 aromatic carbocycles. The Morgan fingerprint density at radius 3 is 2.52 bits per heavy atom. The molecule has 1 heterocycles. The monoisotopic (exact) mass is 349 g/mol. The number of benzene rings is 1. The molecule has 0 amide bonds. The van der Waals surface area contributed by atoms with Crippen LogP contribution in [0.3, 0.4) is 0 Å². The summed E-state index contributed by atoms with van der Waals surface area (Å²) in [5, 5.41) is 3.26. The van der Waals surface area contributed by atoms with Crippen molar-refractivity contribution in [3.63, 3.8) is 0 Å². The second kappa shape index (κ2) is 5.93. The highest BCUT2D eigenvalue weighted by atomic mass is 79.9. The number of anilines is 3. The number of halogens is 1. The predicted molar refractivity (Wildman–Crippen MR) is 91.2 cm³/mol. The molecule has 0 aliphatic rings. The molecule has 0 radical (unpaired) electrons. The Morgan fingerprint density at radius 1 is 1.19 bits per heavy atom. The van der Waals surface area contributed by atoms with Gasteiger partial charge < -0.3 is 15.8 Å². The zero-order valence-corrected chi connectivity index (χ0v) is 14.3. The summed E-state index contributed by atoms with van der Waals surface area (Å²) in [7, 11) is 0. The van der Waals surface area contributed by atoms with Gasteiger partial charge in [0.15, 0.2) is 0 Å². The van der Waals surface area contributed by atoms with Crippen LogP contribution >= 0.6 is 15.9 Å². The fraction of sp³-hybridized carbons (Fsp3) is 0.312. The number of aryl methyl sites for hydroxylation is 1. The summed E-state index contributed by atoms with van der Waals surface area (Å²) in [5.74, 6) is 1.14. The highest BCUT2D eigenvalue weighted by Gasteiger charge is 2.15. The number of pyridine rings is 1. The first-order valence-corrected chi connectivity index (χ1v) is 7.52. The molecule has 2 rings (SSSR count). The van der Waals surface area contributed by atoms with Crippen molar-refractivity contribution >= 4 is 33.1 Å². The van der Waals surface area contributed by atoms with E-state index < -0.39 is 0 Å². The minimum Gasteiger partial charge on any atom is -0.470 e. The Morgan fingerprint density at radius 2 is 1.90 bits per heavy atom. The van der Waals surface area contributed by atoms with E-state index in [-0.39, 0.29) is 5.60 Å². The number of nitrogen functional groups attached to an aromatic ring is 1. The molecule has 5 heteroatoms. The maximum absolute atomic E-state index is 5.92. The second-order valence-corrected chi connectivity index (χ2v) is 6.86. The summed E-state index contributed by atoms with van der Waals surface area (Å²) in [6.45, 7) is 7.93. The summed E-state index contributed by atoms with van der Waals surface area (Å²) in [6.07, 6.45) is 0. The SMILES string of the molecule is Cc1cc(Br)cc(Nc2ccc(N)c(OC(C)(C)C)n2)c1. The van der Waals surface area contributed by atoms with Gasteiger partial charge in [-0.25, -0.2) is 0 Å². The minimum atomic E-state index is -0.341. The maximum Gasteiger partial charge on any atom is 0.239 e.